The van der Waals surface area contributed by atoms with E-state index in [1.165, 1.54) is 32.2 Å². The molecule has 0 saturated carbocycles. The minimum atomic E-state index is 0.620. The lowest BCUT2D eigenvalue weighted by molar-refractivity contribution is 0.155. The van der Waals surface area contributed by atoms with Crippen LogP contribution in [0.2, 0.25) is 0 Å². The zero-order chi connectivity index (χ0) is 11.8. The number of ether oxygens (including phenoxy) is 1. The Morgan fingerprint density at radius 1 is 1.44 bits per heavy atom. The summed E-state index contributed by atoms with van der Waals surface area (Å²) in [6.07, 6.45) is 5.46. The van der Waals surface area contributed by atoms with Gasteiger partial charge in [-0.1, -0.05) is 13.3 Å². The van der Waals surface area contributed by atoms with E-state index in [1.54, 1.807) is 7.11 Å². The van der Waals surface area contributed by atoms with Gasteiger partial charge in [0.05, 0.1) is 0 Å². The second-order valence-electron chi connectivity index (χ2n) is 5.18. The molecule has 16 heavy (non-hydrogen) atoms. The Balaban J connectivity index is 2.01. The third-order valence-electron chi connectivity index (χ3n) is 3.52. The van der Waals surface area contributed by atoms with Crippen molar-refractivity contribution in [1.82, 2.24) is 10.2 Å². The fraction of sp³-hybridized carbons (Fsp3) is 1.00. The largest absolute Gasteiger partial charge is 0.384 e. The van der Waals surface area contributed by atoms with Crippen LogP contribution in [0, 0.1) is 5.92 Å². The van der Waals surface area contributed by atoms with E-state index in [2.05, 4.69) is 24.2 Å². The molecule has 0 amide bonds. The minimum absolute atomic E-state index is 0.620. The number of nitrogens with one attached hydrogen (secondary N) is 1. The zero-order valence-electron chi connectivity index (χ0n) is 11.2. The quantitative estimate of drug-likeness (QED) is 0.672. The first kappa shape index (κ1) is 13.9. The zero-order valence-corrected chi connectivity index (χ0v) is 11.2. The van der Waals surface area contributed by atoms with E-state index in [0.29, 0.717) is 5.92 Å². The molecule has 0 aliphatic carbocycles. The third-order valence-corrected chi connectivity index (χ3v) is 3.52. The molecule has 1 aliphatic rings. The van der Waals surface area contributed by atoms with Crippen molar-refractivity contribution in [2.45, 2.75) is 38.6 Å². The van der Waals surface area contributed by atoms with Crippen LogP contribution >= 0.6 is 0 Å². The highest BCUT2D eigenvalue weighted by atomic mass is 16.5. The molecule has 3 heteroatoms. The maximum atomic E-state index is 5.12. The fourth-order valence-electron chi connectivity index (χ4n) is 2.47. The van der Waals surface area contributed by atoms with Crippen LogP contribution in [-0.4, -0.2) is 51.3 Å². The predicted molar refractivity (Wildman–Crippen MR) is 68.8 cm³/mol. The molecule has 1 N–H and O–H groups in total. The molecule has 2 atom stereocenters. The minimum Gasteiger partial charge on any atom is -0.384 e. The molecule has 0 aromatic heterocycles. The molecule has 2 unspecified atom stereocenters. The van der Waals surface area contributed by atoms with E-state index in [-0.39, 0.29) is 0 Å². The molecule has 0 radical (unpaired) electrons. The lowest BCUT2D eigenvalue weighted by atomic mass is 10.00. The molecule has 0 aromatic carbocycles. The number of rotatable bonds is 7. The Morgan fingerprint density at radius 2 is 2.25 bits per heavy atom. The molecule has 1 heterocycles. The van der Waals surface area contributed by atoms with Crippen LogP contribution in [0.5, 0.6) is 0 Å². The highest BCUT2D eigenvalue weighted by Gasteiger charge is 2.17. The highest BCUT2D eigenvalue weighted by Crippen LogP contribution is 2.16. The normalized spacial score (nSPS) is 24.6. The Bertz CT molecular complexity index is 175. The Labute approximate surface area is 101 Å². The number of likely N-dealkylation sites (tertiary alicyclic amines) is 1. The molecular formula is C13H28N2O. The number of methoxy groups -OCH3 is 1. The lowest BCUT2D eigenvalue weighted by Gasteiger charge is -2.32. The highest BCUT2D eigenvalue weighted by molar-refractivity contribution is 4.74. The summed E-state index contributed by atoms with van der Waals surface area (Å²) in [7, 11) is 4.03. The van der Waals surface area contributed by atoms with Crippen molar-refractivity contribution in [3.05, 3.63) is 0 Å². The third kappa shape index (κ3) is 5.28. The topological polar surface area (TPSA) is 24.5 Å². The van der Waals surface area contributed by atoms with Gasteiger partial charge in [-0.05, 0) is 51.9 Å². The SMILES string of the molecule is COCC(C)CNCCC1CCCCN1C. The standard InChI is InChI=1S/C13H28N2O/c1-12(11-16-3)10-14-8-7-13-6-4-5-9-15(13)2/h12-14H,4-11H2,1-3H3. The van der Waals surface area contributed by atoms with Gasteiger partial charge in [0, 0.05) is 19.8 Å². The first-order valence-corrected chi connectivity index (χ1v) is 6.64. The number of piperidine rings is 1. The number of nitrogens with zero attached hydrogens (tertiary/aromatic N) is 1. The molecule has 3 nitrogen and oxygen atoms in total. The molecule has 96 valence electrons. The summed E-state index contributed by atoms with van der Waals surface area (Å²) in [5.41, 5.74) is 0. The van der Waals surface area contributed by atoms with Crippen LogP contribution in [-0.2, 0) is 4.74 Å². The van der Waals surface area contributed by atoms with Crippen molar-refractivity contribution < 1.29 is 4.74 Å². The first-order valence-electron chi connectivity index (χ1n) is 6.64. The summed E-state index contributed by atoms with van der Waals surface area (Å²) in [5, 5.41) is 3.53. The molecule has 0 bridgehead atoms. The maximum Gasteiger partial charge on any atom is 0.0499 e. The molecular weight excluding hydrogens is 200 g/mol. The van der Waals surface area contributed by atoms with Crippen molar-refractivity contribution in [2.75, 3.05) is 40.4 Å². The second kappa shape index (κ2) is 8.04. The van der Waals surface area contributed by atoms with Gasteiger partial charge in [-0.25, -0.2) is 0 Å². The van der Waals surface area contributed by atoms with Crippen molar-refractivity contribution in [1.29, 1.82) is 0 Å². The van der Waals surface area contributed by atoms with Crippen LogP contribution in [0.1, 0.15) is 32.6 Å². The van der Waals surface area contributed by atoms with E-state index < -0.39 is 0 Å². The Morgan fingerprint density at radius 3 is 2.94 bits per heavy atom. The van der Waals surface area contributed by atoms with Crippen molar-refractivity contribution in [3.8, 4) is 0 Å². The number of hydrogen-bond acceptors (Lipinski definition) is 3. The van der Waals surface area contributed by atoms with Gasteiger partial charge in [-0.3, -0.25) is 0 Å². The molecule has 1 aliphatic heterocycles. The maximum absolute atomic E-state index is 5.12. The van der Waals surface area contributed by atoms with Gasteiger partial charge >= 0.3 is 0 Å². The van der Waals surface area contributed by atoms with E-state index in [0.717, 1.165) is 25.7 Å². The molecule has 0 aromatic rings. The Kier molecular flexibility index (Phi) is 7.01. The summed E-state index contributed by atoms with van der Waals surface area (Å²) in [5.74, 6) is 0.620. The van der Waals surface area contributed by atoms with Crippen molar-refractivity contribution in [2.24, 2.45) is 5.92 Å². The number of hydrogen-bond donors (Lipinski definition) is 1. The Hall–Kier alpha value is -0.120. The van der Waals surface area contributed by atoms with Gasteiger partial charge in [0.25, 0.3) is 0 Å². The van der Waals surface area contributed by atoms with E-state index in [4.69, 9.17) is 4.74 Å². The van der Waals surface area contributed by atoms with Gasteiger partial charge in [-0.2, -0.15) is 0 Å². The van der Waals surface area contributed by atoms with Crippen LogP contribution in [0.4, 0.5) is 0 Å². The summed E-state index contributed by atoms with van der Waals surface area (Å²) < 4.78 is 5.12. The van der Waals surface area contributed by atoms with Crippen molar-refractivity contribution in [3.63, 3.8) is 0 Å². The summed E-state index contributed by atoms with van der Waals surface area (Å²) in [6, 6.07) is 0.805. The predicted octanol–water partition coefficient (Wildman–Crippen LogP) is 1.73. The summed E-state index contributed by atoms with van der Waals surface area (Å²) in [6.45, 7) is 6.58. The van der Waals surface area contributed by atoms with Gasteiger partial charge in [0.15, 0.2) is 0 Å². The van der Waals surface area contributed by atoms with E-state index in [1.807, 2.05) is 0 Å². The lowest BCUT2D eigenvalue weighted by Crippen LogP contribution is -2.38. The first-order chi connectivity index (χ1) is 7.74. The van der Waals surface area contributed by atoms with Crippen LogP contribution in [0.15, 0.2) is 0 Å². The molecule has 1 rings (SSSR count). The van der Waals surface area contributed by atoms with Crippen LogP contribution in [0.3, 0.4) is 0 Å². The van der Waals surface area contributed by atoms with Gasteiger partial charge < -0.3 is 15.0 Å². The average molecular weight is 228 g/mol. The monoisotopic (exact) mass is 228 g/mol. The molecule has 1 fully saturated rings. The average Bonchev–Trinajstić information content (AvgIpc) is 2.27. The van der Waals surface area contributed by atoms with Gasteiger partial charge in [-0.15, -0.1) is 0 Å². The van der Waals surface area contributed by atoms with Crippen LogP contribution < -0.4 is 5.32 Å². The van der Waals surface area contributed by atoms with E-state index in [9.17, 15) is 0 Å². The van der Waals surface area contributed by atoms with Crippen LogP contribution in [0.25, 0.3) is 0 Å². The summed E-state index contributed by atoms with van der Waals surface area (Å²) >= 11 is 0. The van der Waals surface area contributed by atoms with Gasteiger partial charge in [0.1, 0.15) is 0 Å². The fourth-order valence-corrected chi connectivity index (χ4v) is 2.47. The smallest absolute Gasteiger partial charge is 0.0499 e. The molecule has 0 spiro atoms. The summed E-state index contributed by atoms with van der Waals surface area (Å²) in [4.78, 5) is 2.52. The van der Waals surface area contributed by atoms with Crippen molar-refractivity contribution >= 4 is 0 Å². The second-order valence-corrected chi connectivity index (χ2v) is 5.18. The van der Waals surface area contributed by atoms with Gasteiger partial charge in [0.2, 0.25) is 0 Å². The van der Waals surface area contributed by atoms with E-state index >= 15 is 0 Å². The molecule has 1 saturated heterocycles.